The fourth-order valence-corrected chi connectivity index (χ4v) is 5.80. The minimum atomic E-state index is -1.05. The number of rotatable bonds is 3. The summed E-state index contributed by atoms with van der Waals surface area (Å²) in [5.41, 5.74) is -5.45. The molecule has 0 fully saturated rings. The molecular formula is C46H28O. The highest BCUT2D eigenvalue weighted by molar-refractivity contribution is 6.26. The van der Waals surface area contributed by atoms with Gasteiger partial charge in [-0.15, -0.1) is 0 Å². The summed E-state index contributed by atoms with van der Waals surface area (Å²) in [4.78, 5) is 0. The van der Waals surface area contributed by atoms with E-state index < -0.39 is 268 Å². The maximum atomic E-state index is 9.84. The van der Waals surface area contributed by atoms with E-state index in [4.69, 9.17) is 26.3 Å². The van der Waals surface area contributed by atoms with Crippen LogP contribution in [0.2, 0.25) is 0 Å². The predicted molar refractivity (Wildman–Crippen MR) is 200 cm³/mol. The average Bonchev–Trinajstić information content (AvgIpc) is 3.78. The van der Waals surface area contributed by atoms with Crippen molar-refractivity contribution in [2.75, 3.05) is 0 Å². The Bertz CT molecular complexity index is 4330. The van der Waals surface area contributed by atoms with Crippen molar-refractivity contribution in [2.24, 2.45) is 0 Å². The first-order valence-electron chi connectivity index (χ1n) is 27.9. The summed E-state index contributed by atoms with van der Waals surface area (Å²) < 4.78 is 258. The number of para-hydroxylation sites is 1. The smallest absolute Gasteiger partial charge is 0.136 e. The number of hydrogen-bond acceptors (Lipinski definition) is 1. The van der Waals surface area contributed by atoms with E-state index in [1.165, 1.54) is 0 Å². The average molecular weight is 625 g/mol. The van der Waals surface area contributed by atoms with Gasteiger partial charge >= 0.3 is 0 Å². The molecule has 0 bridgehead atoms. The third kappa shape index (κ3) is 3.97. The van der Waals surface area contributed by atoms with Gasteiger partial charge in [-0.3, -0.25) is 0 Å². The van der Waals surface area contributed by atoms with Gasteiger partial charge in [0.2, 0.25) is 0 Å². The third-order valence-electron chi connectivity index (χ3n) is 7.76. The normalized spacial score (nSPS) is 20.2. The molecule has 0 radical (unpaired) electrons. The summed E-state index contributed by atoms with van der Waals surface area (Å²) >= 11 is 0. The molecule has 0 unspecified atom stereocenters. The second-order valence-corrected chi connectivity index (χ2v) is 10.3. The summed E-state index contributed by atoms with van der Waals surface area (Å²) in [6, 6.07) is -25.7. The summed E-state index contributed by atoms with van der Waals surface area (Å²) in [6.07, 6.45) is 0. The van der Waals surface area contributed by atoms with E-state index in [1.54, 1.807) is 0 Å². The van der Waals surface area contributed by atoms with Crippen molar-refractivity contribution in [3.63, 3.8) is 0 Å². The first-order chi connectivity index (χ1) is 35.0. The Labute approximate surface area is 311 Å². The number of furan rings is 1. The summed E-state index contributed by atoms with van der Waals surface area (Å²) in [6.45, 7) is 0. The van der Waals surface area contributed by atoms with E-state index >= 15 is 0 Å². The van der Waals surface area contributed by atoms with Crippen molar-refractivity contribution in [2.45, 2.75) is 0 Å². The Morgan fingerprint density at radius 1 is 0.340 bits per heavy atom. The molecule has 10 aromatic rings. The lowest BCUT2D eigenvalue weighted by Crippen LogP contribution is -1.91. The fraction of sp³-hybridized carbons (Fsp3) is 0. The van der Waals surface area contributed by atoms with Gasteiger partial charge in [0.05, 0.1) is 38.4 Å². The van der Waals surface area contributed by atoms with E-state index in [0.29, 0.717) is 0 Å². The van der Waals surface area contributed by atoms with Gasteiger partial charge in [-0.05, 0) is 101 Å². The van der Waals surface area contributed by atoms with Crippen molar-refractivity contribution in [3.8, 4) is 33.4 Å². The van der Waals surface area contributed by atoms with Crippen molar-refractivity contribution < 1.29 is 42.8 Å². The first-order valence-corrected chi connectivity index (χ1v) is 13.9. The van der Waals surface area contributed by atoms with Crippen molar-refractivity contribution in [1.82, 2.24) is 0 Å². The summed E-state index contributed by atoms with van der Waals surface area (Å²) in [7, 11) is 0. The van der Waals surface area contributed by atoms with Crippen LogP contribution in [0.4, 0.5) is 0 Å². The van der Waals surface area contributed by atoms with Gasteiger partial charge in [0.25, 0.3) is 0 Å². The second kappa shape index (κ2) is 10.2. The van der Waals surface area contributed by atoms with E-state index in [9.17, 15) is 16.4 Å². The highest BCUT2D eigenvalue weighted by Crippen LogP contribution is 2.47. The van der Waals surface area contributed by atoms with E-state index in [1.807, 2.05) is 0 Å². The molecule has 47 heavy (non-hydrogen) atoms. The van der Waals surface area contributed by atoms with Crippen molar-refractivity contribution in [1.29, 1.82) is 0 Å². The van der Waals surface area contributed by atoms with Crippen LogP contribution in [-0.2, 0) is 0 Å². The van der Waals surface area contributed by atoms with Gasteiger partial charge in [-0.25, -0.2) is 0 Å². The lowest BCUT2D eigenvalue weighted by molar-refractivity contribution is 0.669. The molecule has 1 heteroatoms. The molecule has 0 aliphatic heterocycles. The Kier molecular flexibility index (Phi) is 2.31. The molecule has 0 saturated carbocycles. The molecule has 0 spiro atoms. The van der Waals surface area contributed by atoms with Crippen LogP contribution >= 0.6 is 0 Å². The largest absolute Gasteiger partial charge is 0.456 e. The van der Waals surface area contributed by atoms with Gasteiger partial charge in [-0.2, -0.15) is 0 Å². The van der Waals surface area contributed by atoms with Gasteiger partial charge < -0.3 is 4.42 Å². The number of benzene rings is 9. The van der Waals surface area contributed by atoms with Crippen LogP contribution in [0.5, 0.6) is 0 Å². The van der Waals surface area contributed by atoms with Gasteiger partial charge in [0.1, 0.15) is 11.2 Å². The summed E-state index contributed by atoms with van der Waals surface area (Å²) in [5, 5.41) is -6.49. The van der Waals surface area contributed by atoms with Crippen LogP contribution in [-0.4, -0.2) is 0 Å². The van der Waals surface area contributed by atoms with Crippen molar-refractivity contribution >= 4 is 65.0 Å². The van der Waals surface area contributed by atoms with Gasteiger partial charge in [0, 0.05) is 10.8 Å². The molecule has 9 aromatic carbocycles. The Morgan fingerprint density at radius 2 is 0.872 bits per heavy atom. The molecule has 0 N–H and O–H groups in total. The molecule has 0 atom stereocenters. The number of fused-ring (bicyclic) bond motifs is 8. The molecule has 0 aliphatic rings. The maximum Gasteiger partial charge on any atom is 0.136 e. The predicted octanol–water partition coefficient (Wildman–Crippen LogP) is 13.2. The molecule has 1 aromatic heterocycles. The van der Waals surface area contributed by atoms with Crippen LogP contribution in [0.3, 0.4) is 0 Å². The zero-order valence-electron chi connectivity index (χ0n) is 51.4. The standard InChI is InChI=1S/C46H28O/c1-2-11-29(12-3-1)30-23-25-34-31(27-30)21-22-32-28-33(24-26-35(32)34)44-36-13-4-6-15-38(36)45(39-16-7-5-14-37(39)44)41-18-10-20-43-46(41)40-17-8-9-19-42(40)47-43/h1-28H/i1D,2D,3D,4D,5D,6D,7D,8D,9D,10D,11D,12D,13D,14D,15D,16D,17D,18D,19D,20D,21D,22D,23D,24D,25D,26D,27D,28D. The van der Waals surface area contributed by atoms with Crippen LogP contribution in [0.1, 0.15) is 38.4 Å². The minimum absolute atomic E-state index is 0.474. The molecule has 0 aliphatic carbocycles. The zero-order valence-corrected chi connectivity index (χ0v) is 23.4. The van der Waals surface area contributed by atoms with Gasteiger partial charge in [-0.1, -0.05) is 145 Å². The molecular weight excluding hydrogens is 569 g/mol. The SMILES string of the molecule is [2H]c1c([2H])c([2H])c(-c2c([2H])c([2H])c3c(c2[2H])c([2H])c([2H])c2c([2H])c(-c4c5c([2H])c([2H])c([2H])c([2H])c5c(-c5c([2H])c([2H])c([2H])c6oc7c([2H])c([2H])c([2H])c([2H])c7c56)c5c([2H])c([2H])c([2H])c([2H])c45)c([2H])c([2H])c23)c([2H])c1[2H]. The molecule has 1 heterocycles. The van der Waals surface area contributed by atoms with Crippen LogP contribution in [0.25, 0.3) is 98.4 Å². The first kappa shape index (κ1) is 10.7. The molecule has 218 valence electrons. The van der Waals surface area contributed by atoms with Crippen LogP contribution in [0.15, 0.2) is 174 Å². The lowest BCUT2D eigenvalue weighted by atomic mass is 9.84. The maximum absolute atomic E-state index is 9.84. The summed E-state index contributed by atoms with van der Waals surface area (Å²) in [5.74, 6) is 0. The second-order valence-electron chi connectivity index (χ2n) is 10.3. The Morgan fingerprint density at radius 3 is 1.55 bits per heavy atom. The fourth-order valence-electron chi connectivity index (χ4n) is 5.80. The monoisotopic (exact) mass is 624 g/mol. The Hall–Kier alpha value is -6.18. The molecule has 0 saturated heterocycles. The Balaban J connectivity index is 1.48. The molecule has 0 amide bonds. The minimum Gasteiger partial charge on any atom is -0.456 e. The molecule has 10 rings (SSSR count). The quantitative estimate of drug-likeness (QED) is 0.141. The van der Waals surface area contributed by atoms with Crippen molar-refractivity contribution in [3.05, 3.63) is 169 Å². The highest BCUT2D eigenvalue weighted by atomic mass is 16.3. The van der Waals surface area contributed by atoms with Gasteiger partial charge in [0.15, 0.2) is 0 Å². The van der Waals surface area contributed by atoms with E-state index in [0.717, 1.165) is 0 Å². The van der Waals surface area contributed by atoms with Crippen LogP contribution in [0, 0.1) is 0 Å². The molecule has 1 nitrogen and oxygen atoms in total. The van der Waals surface area contributed by atoms with E-state index in [2.05, 4.69) is 0 Å². The topological polar surface area (TPSA) is 13.1 Å². The lowest BCUT2D eigenvalue weighted by Gasteiger charge is -2.18. The number of hydrogen-bond donors (Lipinski definition) is 0. The van der Waals surface area contributed by atoms with E-state index in [-0.39, 0.29) is 0 Å². The van der Waals surface area contributed by atoms with Crippen LogP contribution < -0.4 is 0 Å². The zero-order chi connectivity index (χ0) is 55.3. The third-order valence-corrected chi connectivity index (χ3v) is 7.76. The highest BCUT2D eigenvalue weighted by Gasteiger charge is 2.20.